The average molecular weight is 237 g/mol. The van der Waals surface area contributed by atoms with Gasteiger partial charge in [-0.15, -0.1) is 0 Å². The Bertz CT molecular complexity index is 439. The largest absolute Gasteiger partial charge is 0.478 e. The van der Waals surface area contributed by atoms with Gasteiger partial charge in [0.25, 0.3) is 0 Å². The summed E-state index contributed by atoms with van der Waals surface area (Å²) in [6.07, 6.45) is 2.77. The number of carbonyl (C=O) groups is 1. The zero-order valence-electron chi connectivity index (χ0n) is 9.79. The van der Waals surface area contributed by atoms with E-state index in [-0.39, 0.29) is 11.6 Å². The SMILES string of the molecule is CCc1cc(F)c(C(=O)O)cc1[C@H]1CCCN1. The molecule has 0 bridgehead atoms. The monoisotopic (exact) mass is 237 g/mol. The van der Waals surface area contributed by atoms with Gasteiger partial charge in [-0.2, -0.15) is 0 Å². The van der Waals surface area contributed by atoms with Gasteiger partial charge in [-0.05, 0) is 49.1 Å². The smallest absolute Gasteiger partial charge is 0.338 e. The maximum Gasteiger partial charge on any atom is 0.338 e. The topological polar surface area (TPSA) is 49.3 Å². The lowest BCUT2D eigenvalue weighted by Gasteiger charge is -2.16. The van der Waals surface area contributed by atoms with E-state index in [9.17, 15) is 9.18 Å². The molecule has 0 amide bonds. The van der Waals surface area contributed by atoms with E-state index in [4.69, 9.17) is 5.11 Å². The molecule has 0 unspecified atom stereocenters. The van der Waals surface area contributed by atoms with E-state index in [0.717, 1.165) is 30.5 Å². The van der Waals surface area contributed by atoms with Gasteiger partial charge in [-0.1, -0.05) is 6.92 Å². The molecule has 0 aromatic heterocycles. The van der Waals surface area contributed by atoms with Gasteiger partial charge in [0, 0.05) is 6.04 Å². The van der Waals surface area contributed by atoms with Crippen LogP contribution in [0.2, 0.25) is 0 Å². The van der Waals surface area contributed by atoms with Crippen LogP contribution in [0.1, 0.15) is 47.3 Å². The Balaban J connectivity index is 2.47. The summed E-state index contributed by atoms with van der Waals surface area (Å²) in [6.45, 7) is 2.89. The Hall–Kier alpha value is -1.42. The summed E-state index contributed by atoms with van der Waals surface area (Å²) in [7, 11) is 0. The molecule has 1 aromatic carbocycles. The van der Waals surface area contributed by atoms with Crippen molar-refractivity contribution in [1.29, 1.82) is 0 Å². The minimum absolute atomic E-state index is 0.170. The predicted molar refractivity (Wildman–Crippen MR) is 62.7 cm³/mol. The zero-order valence-corrected chi connectivity index (χ0v) is 9.79. The van der Waals surface area contributed by atoms with Crippen molar-refractivity contribution in [2.75, 3.05) is 6.54 Å². The molecule has 2 rings (SSSR count). The molecular weight excluding hydrogens is 221 g/mol. The summed E-state index contributed by atoms with van der Waals surface area (Å²) in [4.78, 5) is 10.9. The molecule has 4 heteroatoms. The molecule has 1 saturated heterocycles. The molecule has 0 saturated carbocycles. The maximum atomic E-state index is 13.6. The van der Waals surface area contributed by atoms with Crippen LogP contribution in [-0.4, -0.2) is 17.6 Å². The van der Waals surface area contributed by atoms with Gasteiger partial charge in [-0.3, -0.25) is 0 Å². The van der Waals surface area contributed by atoms with E-state index in [0.29, 0.717) is 6.42 Å². The number of halogens is 1. The molecule has 1 heterocycles. The molecule has 0 spiro atoms. The van der Waals surface area contributed by atoms with Gasteiger partial charge >= 0.3 is 5.97 Å². The number of carboxylic acids is 1. The fraction of sp³-hybridized carbons (Fsp3) is 0.462. The molecule has 1 aliphatic rings. The Morgan fingerprint density at radius 2 is 2.35 bits per heavy atom. The highest BCUT2D eigenvalue weighted by molar-refractivity contribution is 5.88. The average Bonchev–Trinajstić information content (AvgIpc) is 2.81. The molecule has 1 fully saturated rings. The Morgan fingerprint density at radius 3 is 2.88 bits per heavy atom. The molecule has 92 valence electrons. The third-order valence-corrected chi connectivity index (χ3v) is 3.28. The van der Waals surface area contributed by atoms with Crippen molar-refractivity contribution in [3.63, 3.8) is 0 Å². The predicted octanol–water partition coefficient (Wildman–Crippen LogP) is 2.51. The third-order valence-electron chi connectivity index (χ3n) is 3.28. The summed E-state index contributed by atoms with van der Waals surface area (Å²) in [5.74, 6) is -1.85. The van der Waals surface area contributed by atoms with Crippen molar-refractivity contribution in [2.45, 2.75) is 32.2 Å². The lowest BCUT2D eigenvalue weighted by molar-refractivity contribution is 0.0691. The second kappa shape index (κ2) is 4.84. The highest BCUT2D eigenvalue weighted by Crippen LogP contribution is 2.28. The van der Waals surface area contributed by atoms with E-state index in [2.05, 4.69) is 5.32 Å². The summed E-state index contributed by atoms with van der Waals surface area (Å²) >= 11 is 0. The molecular formula is C13H16FNO2. The first-order valence-electron chi connectivity index (χ1n) is 5.92. The number of aromatic carboxylic acids is 1. The van der Waals surface area contributed by atoms with Crippen molar-refractivity contribution < 1.29 is 14.3 Å². The van der Waals surface area contributed by atoms with Crippen molar-refractivity contribution in [3.8, 4) is 0 Å². The number of aryl methyl sites for hydroxylation is 1. The van der Waals surface area contributed by atoms with Crippen LogP contribution in [-0.2, 0) is 6.42 Å². The first kappa shape index (κ1) is 12.0. The van der Waals surface area contributed by atoms with Crippen LogP contribution >= 0.6 is 0 Å². The molecule has 1 atom stereocenters. The van der Waals surface area contributed by atoms with Crippen LogP contribution < -0.4 is 5.32 Å². The van der Waals surface area contributed by atoms with Crippen molar-refractivity contribution in [1.82, 2.24) is 5.32 Å². The summed E-state index contributed by atoms with van der Waals surface area (Å²) in [5.41, 5.74) is 1.60. The van der Waals surface area contributed by atoms with Gasteiger partial charge in [0.2, 0.25) is 0 Å². The fourth-order valence-corrected chi connectivity index (χ4v) is 2.38. The van der Waals surface area contributed by atoms with E-state index in [1.165, 1.54) is 12.1 Å². The lowest BCUT2D eigenvalue weighted by Crippen LogP contribution is -2.16. The Kier molecular flexibility index (Phi) is 3.43. The van der Waals surface area contributed by atoms with Gasteiger partial charge in [0.15, 0.2) is 0 Å². The summed E-state index contributed by atoms with van der Waals surface area (Å²) < 4.78 is 13.6. The van der Waals surface area contributed by atoms with Gasteiger partial charge in [0.1, 0.15) is 5.82 Å². The molecule has 2 N–H and O–H groups in total. The first-order chi connectivity index (χ1) is 8.13. The van der Waals surface area contributed by atoms with E-state index in [1.54, 1.807) is 0 Å². The summed E-state index contributed by atoms with van der Waals surface area (Å²) in [6, 6.07) is 3.02. The standard InChI is InChI=1S/C13H16FNO2/c1-2-8-6-11(14)10(13(16)17)7-9(8)12-4-3-5-15-12/h6-7,12,15H,2-5H2,1H3,(H,16,17)/t12-/m1/s1. The second-order valence-electron chi connectivity index (χ2n) is 4.34. The van der Waals surface area contributed by atoms with Gasteiger partial charge in [-0.25, -0.2) is 9.18 Å². The minimum Gasteiger partial charge on any atom is -0.478 e. The van der Waals surface area contributed by atoms with E-state index >= 15 is 0 Å². The highest BCUT2D eigenvalue weighted by atomic mass is 19.1. The maximum absolute atomic E-state index is 13.6. The number of benzene rings is 1. The van der Waals surface area contributed by atoms with Crippen LogP contribution in [0.5, 0.6) is 0 Å². The second-order valence-corrected chi connectivity index (χ2v) is 4.34. The van der Waals surface area contributed by atoms with Crippen LogP contribution in [0.25, 0.3) is 0 Å². The minimum atomic E-state index is -1.20. The quantitative estimate of drug-likeness (QED) is 0.849. The lowest BCUT2D eigenvalue weighted by atomic mass is 9.95. The first-order valence-corrected chi connectivity index (χ1v) is 5.92. The molecule has 3 nitrogen and oxygen atoms in total. The van der Waals surface area contributed by atoms with Gasteiger partial charge in [0.05, 0.1) is 5.56 Å². The molecule has 17 heavy (non-hydrogen) atoms. The van der Waals surface area contributed by atoms with Gasteiger partial charge < -0.3 is 10.4 Å². The van der Waals surface area contributed by atoms with Crippen LogP contribution in [0, 0.1) is 5.82 Å². The number of rotatable bonds is 3. The van der Waals surface area contributed by atoms with Crippen molar-refractivity contribution in [2.24, 2.45) is 0 Å². The molecule has 1 aliphatic heterocycles. The molecule has 1 aromatic rings. The van der Waals surface area contributed by atoms with Crippen LogP contribution in [0.4, 0.5) is 4.39 Å². The van der Waals surface area contributed by atoms with Crippen molar-refractivity contribution >= 4 is 5.97 Å². The summed E-state index contributed by atoms with van der Waals surface area (Å²) in [5, 5.41) is 12.3. The normalized spacial score (nSPS) is 19.5. The van der Waals surface area contributed by atoms with E-state index in [1.807, 2.05) is 6.92 Å². The molecule has 0 radical (unpaired) electrons. The molecule has 0 aliphatic carbocycles. The Labute approximate surface area is 99.7 Å². The number of hydrogen-bond donors (Lipinski definition) is 2. The van der Waals surface area contributed by atoms with Crippen molar-refractivity contribution in [3.05, 3.63) is 34.6 Å². The van der Waals surface area contributed by atoms with Crippen LogP contribution in [0.15, 0.2) is 12.1 Å². The Morgan fingerprint density at radius 1 is 1.59 bits per heavy atom. The number of nitrogens with one attached hydrogen (secondary N) is 1. The number of carboxylic acid groups (broad SMARTS) is 1. The fourth-order valence-electron chi connectivity index (χ4n) is 2.38. The van der Waals surface area contributed by atoms with Crippen LogP contribution in [0.3, 0.4) is 0 Å². The zero-order chi connectivity index (χ0) is 12.4. The van der Waals surface area contributed by atoms with E-state index < -0.39 is 11.8 Å². The third kappa shape index (κ3) is 2.31. The highest BCUT2D eigenvalue weighted by Gasteiger charge is 2.22. The number of hydrogen-bond acceptors (Lipinski definition) is 2.